The van der Waals surface area contributed by atoms with Gasteiger partial charge in [-0.3, -0.25) is 4.98 Å². The van der Waals surface area contributed by atoms with E-state index >= 15 is 0 Å². The lowest BCUT2D eigenvalue weighted by Gasteiger charge is -2.32. The summed E-state index contributed by atoms with van der Waals surface area (Å²) in [6.45, 7) is 8.11. The topological polar surface area (TPSA) is 44.2 Å². The molecule has 0 radical (unpaired) electrons. The van der Waals surface area contributed by atoms with E-state index in [-0.39, 0.29) is 23.9 Å². The number of hydrogen-bond acceptors (Lipinski definition) is 4. The molecule has 3 fully saturated rings. The van der Waals surface area contributed by atoms with Crippen LogP contribution >= 0.6 is 11.6 Å². The van der Waals surface area contributed by atoms with Gasteiger partial charge in [-0.15, -0.1) is 0 Å². The van der Waals surface area contributed by atoms with Gasteiger partial charge in [-0.25, -0.2) is 4.98 Å². The Kier molecular flexibility index (Phi) is 11.8. The van der Waals surface area contributed by atoms with E-state index < -0.39 is 18.6 Å². The van der Waals surface area contributed by atoms with Crippen molar-refractivity contribution in [3.05, 3.63) is 185 Å². The maximum Gasteiger partial charge on any atom is 0.494 e. The van der Waals surface area contributed by atoms with E-state index in [0.29, 0.717) is 23.6 Å². The molecule has 10 aromatic rings. The third-order valence-corrected chi connectivity index (χ3v) is 16.2. The standard InChI is InChI=1S/C30H27N.C24H23BO2.C12H16ClN/c1-20-19-31-30(18-28(20)21-9-3-2-4-10-21)22-15-16-27-25-13-6-5-11-23(25)24-12-7-8-14-26(24)29(27)17-22;1-23(2)24(3,4)27-25(26-23)16-13-14-21-19-11-6-5-9-17(19)18-10-7-8-12-20(18)22(21)15-16;1-9-8-14-12(13)7-11(9)10-5-3-2-4-6-10/h5-8,11-19,21H,2-4,9-10H2,1H3;5-15H,1-4H3;7-8,10H,2-6H2,1H3/i1D3,21D;;10D. The van der Waals surface area contributed by atoms with E-state index in [4.69, 9.17) is 26.4 Å². The summed E-state index contributed by atoms with van der Waals surface area (Å²) in [5.41, 5.74) is 5.07. The molecular weight excluding hydrogens is 899 g/mol. The first-order valence-corrected chi connectivity index (χ1v) is 26.4. The van der Waals surface area contributed by atoms with Crippen LogP contribution in [0.1, 0.15) is 133 Å². The highest BCUT2D eigenvalue weighted by atomic mass is 35.5. The van der Waals surface area contributed by atoms with Crippen LogP contribution in [0.2, 0.25) is 5.15 Å². The van der Waals surface area contributed by atoms with E-state index in [2.05, 4.69) is 171 Å². The molecular formula is C66H66BClN2O2. The van der Waals surface area contributed by atoms with Crippen molar-refractivity contribution in [1.82, 2.24) is 9.97 Å². The van der Waals surface area contributed by atoms with Gasteiger partial charge in [0.15, 0.2) is 0 Å². The number of pyridine rings is 2. The smallest absolute Gasteiger partial charge is 0.399 e. The highest BCUT2D eigenvalue weighted by molar-refractivity contribution is 6.62. The van der Waals surface area contributed by atoms with Crippen LogP contribution in [-0.4, -0.2) is 28.3 Å². The van der Waals surface area contributed by atoms with Crippen LogP contribution in [0.4, 0.5) is 0 Å². The van der Waals surface area contributed by atoms with Gasteiger partial charge in [0.2, 0.25) is 0 Å². The molecule has 0 unspecified atom stereocenters. The van der Waals surface area contributed by atoms with Crippen LogP contribution in [0.3, 0.4) is 0 Å². The Labute approximate surface area is 438 Å². The summed E-state index contributed by atoms with van der Waals surface area (Å²) >= 11 is 5.90. The summed E-state index contributed by atoms with van der Waals surface area (Å²) in [6.07, 6.45) is 13.1. The molecule has 4 nitrogen and oxygen atoms in total. The number of hydrogen-bond donors (Lipinski definition) is 0. The quantitative estimate of drug-likeness (QED) is 0.100. The van der Waals surface area contributed by atoms with E-state index in [1.165, 1.54) is 71.9 Å². The van der Waals surface area contributed by atoms with Crippen molar-refractivity contribution in [1.29, 1.82) is 0 Å². The minimum Gasteiger partial charge on any atom is -0.399 e. The Morgan fingerprint density at radius 1 is 0.486 bits per heavy atom. The minimum atomic E-state index is -2.29. The Morgan fingerprint density at radius 2 is 0.889 bits per heavy atom. The van der Waals surface area contributed by atoms with Crippen molar-refractivity contribution < 1.29 is 16.2 Å². The van der Waals surface area contributed by atoms with Crippen LogP contribution in [0.5, 0.6) is 0 Å². The fourth-order valence-corrected chi connectivity index (χ4v) is 11.6. The monoisotopic (exact) mass is 970 g/mol. The molecule has 1 aliphatic heterocycles. The molecule has 72 heavy (non-hydrogen) atoms. The van der Waals surface area contributed by atoms with E-state index in [1.807, 2.05) is 19.1 Å². The third kappa shape index (κ3) is 9.30. The molecule has 0 amide bonds. The predicted octanol–water partition coefficient (Wildman–Crippen LogP) is 18.1. The number of aryl methyl sites for hydroxylation is 2. The van der Waals surface area contributed by atoms with Gasteiger partial charge in [-0.1, -0.05) is 178 Å². The normalized spacial score (nSPS) is 19.1. The van der Waals surface area contributed by atoms with Crippen LogP contribution in [0.15, 0.2) is 158 Å². The van der Waals surface area contributed by atoms with E-state index in [0.717, 1.165) is 78.2 Å². The maximum atomic E-state index is 9.19. The lowest BCUT2D eigenvalue weighted by molar-refractivity contribution is 0.00578. The highest BCUT2D eigenvalue weighted by Gasteiger charge is 2.51. The van der Waals surface area contributed by atoms with Crippen LogP contribution in [0.25, 0.3) is 75.9 Å². The number of aromatic nitrogens is 2. The summed E-state index contributed by atoms with van der Waals surface area (Å²) in [5.74, 6) is -1.30. The predicted molar refractivity (Wildman–Crippen MR) is 307 cm³/mol. The van der Waals surface area contributed by atoms with Crippen molar-refractivity contribution in [3.8, 4) is 11.3 Å². The van der Waals surface area contributed by atoms with Gasteiger partial charge in [0.05, 0.1) is 16.9 Å². The van der Waals surface area contributed by atoms with Gasteiger partial charge in [-0.2, -0.15) is 0 Å². The fourth-order valence-electron chi connectivity index (χ4n) is 11.4. The third-order valence-electron chi connectivity index (χ3n) is 16.0. The average molecular weight is 971 g/mol. The van der Waals surface area contributed by atoms with Gasteiger partial charge < -0.3 is 9.31 Å². The summed E-state index contributed by atoms with van der Waals surface area (Å²) < 4.78 is 54.5. The molecule has 1 saturated heterocycles. The first kappa shape index (κ1) is 42.4. The van der Waals surface area contributed by atoms with Gasteiger partial charge in [0.1, 0.15) is 5.15 Å². The zero-order valence-electron chi connectivity index (χ0n) is 47.2. The Balaban J connectivity index is 0.000000133. The molecule has 13 rings (SSSR count). The molecule has 2 aliphatic carbocycles. The summed E-state index contributed by atoms with van der Waals surface area (Å²) in [7, 11) is -0.343. The molecule has 0 spiro atoms. The second kappa shape index (κ2) is 20.1. The number of benzene rings is 8. The molecule has 0 bridgehead atoms. The van der Waals surface area contributed by atoms with Crippen molar-refractivity contribution >= 4 is 88.8 Å². The fraction of sp³-hybridized carbons (Fsp3) is 0.303. The Bertz CT molecular complexity index is 3780. The van der Waals surface area contributed by atoms with Crippen LogP contribution in [0, 0.1) is 13.8 Å². The van der Waals surface area contributed by atoms with E-state index in [1.54, 1.807) is 6.20 Å². The summed E-state index contributed by atoms with van der Waals surface area (Å²) in [4.78, 5) is 8.66. The van der Waals surface area contributed by atoms with Crippen molar-refractivity contribution in [2.24, 2.45) is 0 Å². The number of rotatable bonds is 4. The highest BCUT2D eigenvalue weighted by Crippen LogP contribution is 2.41. The van der Waals surface area contributed by atoms with Crippen molar-refractivity contribution in [3.63, 3.8) is 0 Å². The zero-order valence-corrected chi connectivity index (χ0v) is 43.0. The van der Waals surface area contributed by atoms with Gasteiger partial charge in [0.25, 0.3) is 0 Å². The molecule has 2 saturated carbocycles. The van der Waals surface area contributed by atoms with Gasteiger partial charge in [-0.05, 0) is 189 Å². The molecule has 6 heteroatoms. The first-order chi connectivity index (χ1) is 36.8. The number of halogens is 1. The lowest BCUT2D eigenvalue weighted by atomic mass is 9.77. The summed E-state index contributed by atoms with van der Waals surface area (Å²) in [6, 6.07) is 51.0. The Hall–Kier alpha value is -6.11. The van der Waals surface area contributed by atoms with Gasteiger partial charge in [0, 0.05) is 24.8 Å². The molecule has 0 atom stereocenters. The number of nitrogens with zero attached hydrogens (tertiary/aromatic N) is 2. The van der Waals surface area contributed by atoms with Crippen molar-refractivity contribution in [2.75, 3.05) is 0 Å². The molecule has 0 N–H and O–H groups in total. The van der Waals surface area contributed by atoms with Crippen LogP contribution < -0.4 is 5.46 Å². The second-order valence-corrected chi connectivity index (χ2v) is 21.5. The molecule has 3 aliphatic rings. The largest absolute Gasteiger partial charge is 0.494 e. The molecule has 8 aromatic carbocycles. The SMILES string of the molecule is CC1(C)OB(c2ccc3c4ccccc4c4ccccc4c3c2)OC1(C)C.[2H]C([2H])([2H])c1cnc(-c2ccc3c4ccccc4c4ccccc4c3c2)cc1C1([2H])CCCCC1.[2H]C1(c2cc(Cl)ncc2C)CCCCC1. The summed E-state index contributed by atoms with van der Waals surface area (Å²) in [5, 5.41) is 15.3. The second-order valence-electron chi connectivity index (χ2n) is 21.1. The molecule has 362 valence electrons. The maximum absolute atomic E-state index is 9.19. The first-order valence-electron chi connectivity index (χ1n) is 28.5. The molecule has 2 aromatic heterocycles. The Morgan fingerprint density at radius 3 is 1.36 bits per heavy atom. The van der Waals surface area contributed by atoms with Crippen LogP contribution in [-0.2, 0) is 9.31 Å². The minimum absolute atomic E-state index is 0.218. The number of fused-ring (bicyclic) bond motifs is 12. The van der Waals surface area contributed by atoms with Crippen molar-refractivity contribution in [2.45, 2.75) is 129 Å². The molecule has 3 heterocycles. The van der Waals surface area contributed by atoms with Gasteiger partial charge >= 0.3 is 7.12 Å². The lowest BCUT2D eigenvalue weighted by Crippen LogP contribution is -2.41. The zero-order chi connectivity index (χ0) is 53.9. The average Bonchev–Trinajstić information content (AvgIpc) is 3.69. The van der Waals surface area contributed by atoms with E-state index in [9.17, 15) is 1.37 Å².